The summed E-state index contributed by atoms with van der Waals surface area (Å²) in [5, 5.41) is 5.26. The summed E-state index contributed by atoms with van der Waals surface area (Å²) >= 11 is 0. The van der Waals surface area contributed by atoms with Gasteiger partial charge in [0.2, 0.25) is 11.8 Å². The quantitative estimate of drug-likeness (QED) is 0.579. The van der Waals surface area contributed by atoms with Gasteiger partial charge in [-0.1, -0.05) is 13.8 Å². The molecule has 0 atom stereocenters. The minimum absolute atomic E-state index is 0.0656. The molecule has 0 spiro atoms. The first-order valence-corrected chi connectivity index (χ1v) is 9.29. The normalized spacial score (nSPS) is 11.5. The second-order valence-electron chi connectivity index (χ2n) is 7.07. The number of nitrogens with one attached hydrogen (secondary N) is 2. The van der Waals surface area contributed by atoms with Crippen molar-refractivity contribution in [1.29, 1.82) is 0 Å². The summed E-state index contributed by atoms with van der Waals surface area (Å²) in [7, 11) is 0. The molecule has 0 fully saturated rings. The second-order valence-corrected chi connectivity index (χ2v) is 7.07. The molecule has 2 aromatic heterocycles. The predicted octanol–water partition coefficient (Wildman–Crippen LogP) is 3.59. The van der Waals surface area contributed by atoms with Crippen LogP contribution in [0.2, 0.25) is 0 Å². The first kappa shape index (κ1) is 24.0. The monoisotopic (exact) mass is 442 g/mol. The lowest BCUT2D eigenvalue weighted by Crippen LogP contribution is -2.34. The van der Waals surface area contributed by atoms with E-state index in [0.29, 0.717) is 11.1 Å². The molecule has 2 amide bonds. The zero-order valence-corrected chi connectivity index (χ0v) is 17.1. The number of amides is 2. The number of carbonyl (C=O) groups is 2. The number of alkyl halides is 4. The van der Waals surface area contributed by atoms with E-state index >= 15 is 0 Å². The molecule has 168 valence electrons. The Bertz CT molecular complexity index is 938. The van der Waals surface area contributed by atoms with Gasteiger partial charge in [-0.3, -0.25) is 9.59 Å². The molecule has 2 aromatic rings. The molecule has 0 aliphatic carbocycles. The SMILES string of the molecule is Cc1cc(CNC(=O)c2ccnc(NC(=O)C(C)C)c2)cnc1OCC(F)(F)C(F)F. The van der Waals surface area contributed by atoms with E-state index in [-0.39, 0.29) is 35.6 Å². The van der Waals surface area contributed by atoms with Gasteiger partial charge in [-0.15, -0.1) is 0 Å². The highest BCUT2D eigenvalue weighted by molar-refractivity contribution is 5.96. The molecule has 0 aliphatic rings. The number of rotatable bonds is 9. The van der Waals surface area contributed by atoms with Gasteiger partial charge in [0, 0.05) is 36.0 Å². The van der Waals surface area contributed by atoms with Crippen LogP contribution in [-0.4, -0.2) is 40.7 Å². The third-order valence-corrected chi connectivity index (χ3v) is 4.06. The fourth-order valence-corrected chi connectivity index (χ4v) is 2.29. The molecule has 0 saturated carbocycles. The van der Waals surface area contributed by atoms with Crippen LogP contribution in [0.3, 0.4) is 0 Å². The van der Waals surface area contributed by atoms with E-state index in [9.17, 15) is 27.2 Å². The lowest BCUT2D eigenvalue weighted by atomic mass is 10.2. The first-order valence-electron chi connectivity index (χ1n) is 9.29. The van der Waals surface area contributed by atoms with Crippen LogP contribution < -0.4 is 15.4 Å². The highest BCUT2D eigenvalue weighted by atomic mass is 19.3. The lowest BCUT2D eigenvalue weighted by molar-refractivity contribution is -0.148. The van der Waals surface area contributed by atoms with Gasteiger partial charge < -0.3 is 15.4 Å². The molecule has 0 aromatic carbocycles. The third kappa shape index (κ3) is 6.90. The summed E-state index contributed by atoms with van der Waals surface area (Å²) in [5.41, 5.74) is 1.16. The fourth-order valence-electron chi connectivity index (χ4n) is 2.29. The standard InChI is InChI=1S/C20H22F4N4O3/c1-11(2)16(29)28-15-7-14(4-5-25-15)17(30)26-8-13-6-12(3)18(27-9-13)31-10-20(23,24)19(21)22/h4-7,9,11,19H,8,10H2,1-3H3,(H,26,30)(H,25,28,29). The van der Waals surface area contributed by atoms with Gasteiger partial charge in [0.25, 0.3) is 5.91 Å². The molecule has 0 unspecified atom stereocenters. The zero-order chi connectivity index (χ0) is 23.2. The minimum Gasteiger partial charge on any atom is -0.471 e. The Morgan fingerprint density at radius 3 is 2.52 bits per heavy atom. The van der Waals surface area contributed by atoms with E-state index in [2.05, 4.69) is 20.6 Å². The number of halogens is 4. The molecule has 2 N–H and O–H groups in total. The Kier molecular flexibility index (Phi) is 7.89. The van der Waals surface area contributed by atoms with Crippen LogP contribution in [0.1, 0.15) is 35.3 Å². The summed E-state index contributed by atoms with van der Waals surface area (Å²) in [5.74, 6) is -5.15. The number of anilines is 1. The van der Waals surface area contributed by atoms with E-state index in [0.717, 1.165) is 0 Å². The largest absolute Gasteiger partial charge is 0.471 e. The van der Waals surface area contributed by atoms with E-state index in [1.165, 1.54) is 37.5 Å². The maximum atomic E-state index is 13.0. The van der Waals surface area contributed by atoms with Crippen molar-refractivity contribution in [1.82, 2.24) is 15.3 Å². The Labute approximate surface area is 176 Å². The number of hydrogen-bond donors (Lipinski definition) is 2. The number of aromatic nitrogens is 2. The highest BCUT2D eigenvalue weighted by Crippen LogP contribution is 2.25. The molecule has 0 bridgehead atoms. The molecule has 0 saturated heterocycles. The number of ether oxygens (including phenoxy) is 1. The Balaban J connectivity index is 1.96. The van der Waals surface area contributed by atoms with Gasteiger partial charge in [-0.05, 0) is 30.7 Å². The lowest BCUT2D eigenvalue weighted by Gasteiger charge is -2.16. The Hall–Kier alpha value is -3.24. The van der Waals surface area contributed by atoms with Crippen molar-refractivity contribution in [2.24, 2.45) is 5.92 Å². The summed E-state index contributed by atoms with van der Waals surface area (Å²) in [6, 6.07) is 4.44. The molecule has 7 nitrogen and oxygen atoms in total. The van der Waals surface area contributed by atoms with E-state index in [4.69, 9.17) is 4.74 Å². The fraction of sp³-hybridized carbons (Fsp3) is 0.400. The van der Waals surface area contributed by atoms with Crippen molar-refractivity contribution in [2.45, 2.75) is 39.7 Å². The van der Waals surface area contributed by atoms with Crippen LogP contribution in [0.25, 0.3) is 0 Å². The van der Waals surface area contributed by atoms with Gasteiger partial charge in [-0.25, -0.2) is 18.7 Å². The summed E-state index contributed by atoms with van der Waals surface area (Å²) < 4.78 is 55.1. The second kappa shape index (κ2) is 10.2. The maximum Gasteiger partial charge on any atom is 0.340 e. The van der Waals surface area contributed by atoms with E-state index in [1.807, 2.05) is 0 Å². The van der Waals surface area contributed by atoms with E-state index in [1.54, 1.807) is 13.8 Å². The van der Waals surface area contributed by atoms with E-state index < -0.39 is 24.9 Å². The Morgan fingerprint density at radius 2 is 1.90 bits per heavy atom. The number of carbonyl (C=O) groups excluding carboxylic acids is 2. The third-order valence-electron chi connectivity index (χ3n) is 4.06. The summed E-state index contributed by atoms with van der Waals surface area (Å²) in [6.07, 6.45) is -1.17. The average Bonchev–Trinajstić information content (AvgIpc) is 2.71. The summed E-state index contributed by atoms with van der Waals surface area (Å²) in [6.45, 7) is 3.54. The molecular formula is C20H22F4N4O3. The minimum atomic E-state index is -4.28. The van der Waals surface area contributed by atoms with Gasteiger partial charge in [0.1, 0.15) is 5.82 Å². The van der Waals surface area contributed by atoms with Crippen LogP contribution in [0, 0.1) is 12.8 Å². The maximum absolute atomic E-state index is 13.0. The topological polar surface area (TPSA) is 93.2 Å². The van der Waals surface area contributed by atoms with Crippen LogP contribution >= 0.6 is 0 Å². The van der Waals surface area contributed by atoms with Crippen molar-refractivity contribution >= 4 is 17.6 Å². The van der Waals surface area contributed by atoms with Crippen molar-refractivity contribution in [3.05, 3.63) is 47.3 Å². The van der Waals surface area contributed by atoms with Crippen LogP contribution in [0.4, 0.5) is 23.4 Å². The number of pyridine rings is 2. The average molecular weight is 442 g/mol. The number of nitrogens with zero attached hydrogens (tertiary/aromatic N) is 2. The van der Waals surface area contributed by atoms with Crippen LogP contribution in [-0.2, 0) is 11.3 Å². The first-order chi connectivity index (χ1) is 14.5. The Morgan fingerprint density at radius 1 is 1.19 bits per heavy atom. The highest BCUT2D eigenvalue weighted by Gasteiger charge is 2.42. The van der Waals surface area contributed by atoms with Gasteiger partial charge in [0.05, 0.1) is 0 Å². The summed E-state index contributed by atoms with van der Waals surface area (Å²) in [4.78, 5) is 32.0. The zero-order valence-electron chi connectivity index (χ0n) is 17.1. The smallest absolute Gasteiger partial charge is 0.340 e. The van der Waals surface area contributed by atoms with Gasteiger partial charge in [0.15, 0.2) is 6.61 Å². The molecule has 2 heterocycles. The van der Waals surface area contributed by atoms with Crippen molar-refractivity contribution < 1.29 is 31.9 Å². The number of aryl methyl sites for hydroxylation is 1. The van der Waals surface area contributed by atoms with Gasteiger partial charge in [-0.2, -0.15) is 8.78 Å². The molecule has 0 aliphatic heterocycles. The van der Waals surface area contributed by atoms with Crippen molar-refractivity contribution in [3.8, 4) is 5.88 Å². The van der Waals surface area contributed by atoms with Crippen LogP contribution in [0.5, 0.6) is 5.88 Å². The number of hydrogen-bond acceptors (Lipinski definition) is 5. The van der Waals surface area contributed by atoms with Crippen molar-refractivity contribution in [3.63, 3.8) is 0 Å². The molecule has 31 heavy (non-hydrogen) atoms. The van der Waals surface area contributed by atoms with Gasteiger partial charge >= 0.3 is 12.3 Å². The molecule has 2 rings (SSSR count). The van der Waals surface area contributed by atoms with Crippen molar-refractivity contribution in [2.75, 3.05) is 11.9 Å². The predicted molar refractivity (Wildman–Crippen MR) is 104 cm³/mol. The molecular weight excluding hydrogens is 420 g/mol. The molecule has 11 heteroatoms. The van der Waals surface area contributed by atoms with Crippen LogP contribution in [0.15, 0.2) is 30.6 Å². The molecule has 0 radical (unpaired) electrons.